The second kappa shape index (κ2) is 7.91. The van der Waals surface area contributed by atoms with Crippen molar-refractivity contribution in [1.82, 2.24) is 0 Å². The first-order valence-electron chi connectivity index (χ1n) is 13.4. The van der Waals surface area contributed by atoms with Gasteiger partial charge in [-0.1, -0.05) is 78.9 Å². The molecule has 1 aliphatic heterocycles. The van der Waals surface area contributed by atoms with Crippen molar-refractivity contribution >= 4 is 43.8 Å². The van der Waals surface area contributed by atoms with E-state index in [9.17, 15) is 10.1 Å². The summed E-state index contributed by atoms with van der Waals surface area (Å²) < 4.78 is 0. The fourth-order valence-corrected chi connectivity index (χ4v) is 6.89. The van der Waals surface area contributed by atoms with Crippen molar-refractivity contribution in [2.45, 2.75) is 19.3 Å². The van der Waals surface area contributed by atoms with E-state index in [1.807, 2.05) is 24.3 Å². The molecule has 1 saturated heterocycles. The van der Waals surface area contributed by atoms with Crippen LogP contribution in [0.15, 0.2) is 84.9 Å². The normalized spacial score (nSPS) is 14.8. The largest absolute Gasteiger partial charge is 0.370 e. The molecule has 0 saturated carbocycles. The van der Waals surface area contributed by atoms with Gasteiger partial charge >= 0.3 is 0 Å². The average molecular weight is 489 g/mol. The van der Waals surface area contributed by atoms with E-state index in [4.69, 9.17) is 0 Å². The third-order valence-electron chi connectivity index (χ3n) is 8.60. The van der Waals surface area contributed by atoms with Crippen molar-refractivity contribution < 1.29 is 4.79 Å². The first-order valence-corrected chi connectivity index (χ1v) is 13.4. The van der Waals surface area contributed by atoms with Crippen LogP contribution < -0.4 is 4.90 Å². The number of carbonyl (C=O) groups excluding carboxylic acids is 1. The standard InChI is InChI=1S/C35H24N2O/c36-20-29-30(37-17-4-1-5-18-37)19-28(34-33(29)25-9-2-3-10-27(25)35(34)38)24-15-13-23-12-11-21-7-6-8-22-14-16-26(24)32(23)31(21)22/h2-3,6-16,19H,1,4-5,17-18H2. The van der Waals surface area contributed by atoms with Crippen molar-refractivity contribution in [1.29, 1.82) is 5.26 Å². The third-order valence-corrected chi connectivity index (χ3v) is 8.60. The summed E-state index contributed by atoms with van der Waals surface area (Å²) in [6.07, 6.45) is 3.45. The van der Waals surface area contributed by atoms with Gasteiger partial charge in [-0.2, -0.15) is 5.26 Å². The van der Waals surface area contributed by atoms with Crippen molar-refractivity contribution in [3.05, 3.63) is 102 Å². The highest BCUT2D eigenvalue weighted by atomic mass is 16.1. The van der Waals surface area contributed by atoms with Crippen LogP contribution in [0.25, 0.3) is 54.6 Å². The monoisotopic (exact) mass is 488 g/mol. The predicted molar refractivity (Wildman–Crippen MR) is 155 cm³/mol. The number of hydrogen-bond donors (Lipinski definition) is 0. The van der Waals surface area contributed by atoms with Gasteiger partial charge in [0.05, 0.1) is 11.3 Å². The molecule has 1 aliphatic carbocycles. The number of ketones is 1. The molecule has 6 aromatic rings. The molecule has 0 amide bonds. The lowest BCUT2D eigenvalue weighted by Crippen LogP contribution is -2.30. The first-order chi connectivity index (χ1) is 18.7. The quantitative estimate of drug-likeness (QED) is 0.230. The molecule has 8 rings (SSSR count). The molecular formula is C35H24N2O. The summed E-state index contributed by atoms with van der Waals surface area (Å²) in [4.78, 5) is 16.3. The van der Waals surface area contributed by atoms with Crippen LogP contribution in [-0.2, 0) is 0 Å². The minimum Gasteiger partial charge on any atom is -0.370 e. The van der Waals surface area contributed by atoms with Gasteiger partial charge in [-0.3, -0.25) is 4.79 Å². The SMILES string of the molecule is N#Cc1c(N2CCCCC2)cc(-c2ccc3ccc4cccc5ccc2c3c45)c2c1-c1ccccc1C2=O. The number of nitrogens with zero attached hydrogens (tertiary/aromatic N) is 2. The maximum atomic E-state index is 14.0. The molecular weight excluding hydrogens is 464 g/mol. The molecule has 0 radical (unpaired) electrons. The van der Waals surface area contributed by atoms with Crippen LogP contribution in [0, 0.1) is 11.3 Å². The zero-order valence-electron chi connectivity index (χ0n) is 20.9. The van der Waals surface area contributed by atoms with Gasteiger partial charge in [0.1, 0.15) is 6.07 Å². The minimum absolute atomic E-state index is 0.0120. The Morgan fingerprint density at radius 2 is 1.32 bits per heavy atom. The van der Waals surface area contributed by atoms with Gasteiger partial charge in [0.25, 0.3) is 0 Å². The Balaban J connectivity index is 1.51. The summed E-state index contributed by atoms with van der Waals surface area (Å²) in [7, 11) is 0. The fraction of sp³-hybridized carbons (Fsp3) is 0.143. The van der Waals surface area contributed by atoms with Crippen LogP contribution in [0.5, 0.6) is 0 Å². The summed E-state index contributed by atoms with van der Waals surface area (Å²) in [6, 6.07) is 32.0. The van der Waals surface area contributed by atoms with Crippen LogP contribution >= 0.6 is 0 Å². The van der Waals surface area contributed by atoms with Gasteiger partial charge in [0.15, 0.2) is 5.78 Å². The highest BCUT2D eigenvalue weighted by Crippen LogP contribution is 2.49. The van der Waals surface area contributed by atoms with E-state index in [0.29, 0.717) is 16.7 Å². The van der Waals surface area contributed by atoms with Crippen LogP contribution in [0.2, 0.25) is 0 Å². The number of benzene rings is 6. The van der Waals surface area contributed by atoms with E-state index in [1.54, 1.807) is 0 Å². The summed E-state index contributed by atoms with van der Waals surface area (Å²) in [5.41, 5.74) is 6.60. The van der Waals surface area contributed by atoms with E-state index < -0.39 is 0 Å². The average Bonchev–Trinajstić information content (AvgIpc) is 3.28. The highest BCUT2D eigenvalue weighted by molar-refractivity contribution is 6.29. The first kappa shape index (κ1) is 21.4. The van der Waals surface area contributed by atoms with Crippen molar-refractivity contribution in [3.8, 4) is 28.3 Å². The van der Waals surface area contributed by atoms with Crippen LogP contribution in [-0.4, -0.2) is 18.9 Å². The van der Waals surface area contributed by atoms with E-state index in [2.05, 4.69) is 71.6 Å². The Morgan fingerprint density at radius 3 is 2.08 bits per heavy atom. The third kappa shape index (κ3) is 2.80. The molecule has 38 heavy (non-hydrogen) atoms. The van der Waals surface area contributed by atoms with E-state index in [-0.39, 0.29) is 5.78 Å². The maximum absolute atomic E-state index is 14.0. The molecule has 180 valence electrons. The van der Waals surface area contributed by atoms with Crippen molar-refractivity contribution in [2.75, 3.05) is 18.0 Å². The number of fused-ring (bicyclic) bond motifs is 3. The van der Waals surface area contributed by atoms with Crippen molar-refractivity contribution in [3.63, 3.8) is 0 Å². The highest BCUT2D eigenvalue weighted by Gasteiger charge is 2.35. The van der Waals surface area contributed by atoms with Gasteiger partial charge in [0, 0.05) is 29.8 Å². The van der Waals surface area contributed by atoms with Crippen molar-refractivity contribution in [2.24, 2.45) is 0 Å². The van der Waals surface area contributed by atoms with Gasteiger partial charge in [-0.15, -0.1) is 0 Å². The molecule has 0 spiro atoms. The lowest BCUT2D eigenvalue weighted by atomic mass is 9.85. The van der Waals surface area contributed by atoms with E-state index in [0.717, 1.165) is 59.3 Å². The zero-order valence-corrected chi connectivity index (χ0v) is 20.9. The number of nitriles is 1. The minimum atomic E-state index is 0.0120. The van der Waals surface area contributed by atoms with Gasteiger partial charge in [-0.25, -0.2) is 0 Å². The molecule has 3 heteroatoms. The Bertz CT molecular complexity index is 1970. The summed E-state index contributed by atoms with van der Waals surface area (Å²) in [6.45, 7) is 1.86. The molecule has 6 aromatic carbocycles. The Labute approximate surface area is 220 Å². The van der Waals surface area contributed by atoms with Crippen LogP contribution in [0.3, 0.4) is 0 Å². The number of rotatable bonds is 2. The maximum Gasteiger partial charge on any atom is 0.194 e. The van der Waals surface area contributed by atoms with Gasteiger partial charge < -0.3 is 4.90 Å². The van der Waals surface area contributed by atoms with Crippen LogP contribution in [0.1, 0.15) is 40.7 Å². The lowest BCUT2D eigenvalue weighted by Gasteiger charge is -2.31. The summed E-state index contributed by atoms with van der Waals surface area (Å²) >= 11 is 0. The second-order valence-electron chi connectivity index (χ2n) is 10.6. The Hall–Kier alpha value is -4.68. The fourth-order valence-electron chi connectivity index (χ4n) is 6.89. The molecule has 2 aliphatic rings. The molecule has 0 atom stereocenters. The molecule has 0 aromatic heterocycles. The van der Waals surface area contributed by atoms with Crippen LogP contribution in [0.4, 0.5) is 5.69 Å². The summed E-state index contributed by atoms with van der Waals surface area (Å²) in [5, 5.41) is 17.7. The number of carbonyl (C=O) groups is 1. The predicted octanol–water partition coefficient (Wildman–Crippen LogP) is 8.32. The number of anilines is 1. The molecule has 1 heterocycles. The molecule has 0 bridgehead atoms. The van der Waals surface area contributed by atoms with Gasteiger partial charge in [0.2, 0.25) is 0 Å². The Morgan fingerprint density at radius 1 is 0.632 bits per heavy atom. The van der Waals surface area contributed by atoms with E-state index >= 15 is 0 Å². The van der Waals surface area contributed by atoms with Gasteiger partial charge in [-0.05, 0) is 74.3 Å². The second-order valence-corrected chi connectivity index (χ2v) is 10.6. The molecule has 0 N–H and O–H groups in total. The van der Waals surface area contributed by atoms with E-state index in [1.165, 1.54) is 33.4 Å². The zero-order chi connectivity index (χ0) is 25.4. The Kier molecular flexibility index (Phi) is 4.46. The number of hydrogen-bond acceptors (Lipinski definition) is 3. The topological polar surface area (TPSA) is 44.1 Å². The summed E-state index contributed by atoms with van der Waals surface area (Å²) in [5.74, 6) is 0.0120. The molecule has 3 nitrogen and oxygen atoms in total. The number of piperidine rings is 1. The lowest BCUT2D eigenvalue weighted by molar-refractivity contribution is 0.104. The smallest absolute Gasteiger partial charge is 0.194 e. The molecule has 0 unspecified atom stereocenters. The molecule has 1 fully saturated rings.